The molecule has 0 aliphatic heterocycles. The van der Waals surface area contributed by atoms with Gasteiger partial charge in [-0.1, -0.05) is 60.2 Å². The smallest absolute Gasteiger partial charge is 0.374 e. The zero-order chi connectivity index (χ0) is 25.0. The van der Waals surface area contributed by atoms with Gasteiger partial charge in [-0.15, -0.1) is 0 Å². The summed E-state index contributed by atoms with van der Waals surface area (Å²) in [6.07, 6.45) is 6.77. The zero-order valence-electron chi connectivity index (χ0n) is 19.9. The molecule has 5 rings (SSSR count). The van der Waals surface area contributed by atoms with Gasteiger partial charge in [0.2, 0.25) is 5.52 Å². The number of hydrogen-bond acceptors (Lipinski definition) is 5. The van der Waals surface area contributed by atoms with Crippen molar-refractivity contribution in [3.63, 3.8) is 0 Å². The highest BCUT2D eigenvalue weighted by atomic mass is 32.2. The van der Waals surface area contributed by atoms with Gasteiger partial charge in [-0.25, -0.2) is 4.98 Å². The van der Waals surface area contributed by atoms with Crippen LogP contribution in [0.1, 0.15) is 23.1 Å². The van der Waals surface area contributed by atoms with E-state index in [-0.39, 0.29) is 10.7 Å². The molecule has 5 aromatic rings. The third-order valence-electron chi connectivity index (χ3n) is 5.98. The largest absolute Gasteiger partial charge is 0.760 e. The molecule has 2 aromatic heterocycles. The standard InChI is InChI=1S/C29H26N4O2S/c1-22-14-16-25(17-15-22)36(34,35)32-28-29(31-27-13-6-5-12-26(27)30-28)33-20-18-24(19-21-33)11-7-10-23-8-3-2-4-9-23/h2-6,8-9,12-21H,7,10-11H2,1H3. The number of benzene rings is 3. The average Bonchev–Trinajstić information content (AvgIpc) is 2.89. The van der Waals surface area contributed by atoms with E-state index in [9.17, 15) is 8.76 Å². The minimum absolute atomic E-state index is 0.0519. The van der Waals surface area contributed by atoms with Crippen molar-refractivity contribution in [1.29, 1.82) is 0 Å². The molecule has 0 amide bonds. The second-order valence-electron chi connectivity index (χ2n) is 8.69. The molecule has 0 spiro atoms. The molecule has 0 N–H and O–H groups in total. The van der Waals surface area contributed by atoms with E-state index < -0.39 is 10.0 Å². The fourth-order valence-corrected chi connectivity index (χ4v) is 4.93. The molecule has 0 aliphatic carbocycles. The van der Waals surface area contributed by atoms with Crippen LogP contribution in [-0.4, -0.2) is 18.7 Å². The minimum atomic E-state index is -3.97. The molecular formula is C29H26N4O2S. The first-order chi connectivity index (χ1) is 17.5. The van der Waals surface area contributed by atoms with Crippen molar-refractivity contribution >= 4 is 26.9 Å². The van der Waals surface area contributed by atoms with E-state index in [1.165, 1.54) is 11.1 Å². The second-order valence-corrected chi connectivity index (χ2v) is 10.3. The molecule has 2 heterocycles. The molecular weight excluding hydrogens is 468 g/mol. The van der Waals surface area contributed by atoms with Crippen LogP contribution in [0.5, 0.6) is 0 Å². The van der Waals surface area contributed by atoms with Crippen LogP contribution in [0.15, 0.2) is 113 Å². The van der Waals surface area contributed by atoms with E-state index in [4.69, 9.17) is 4.98 Å². The highest BCUT2D eigenvalue weighted by Gasteiger charge is 2.20. The van der Waals surface area contributed by atoms with Crippen molar-refractivity contribution in [2.24, 2.45) is 4.36 Å². The summed E-state index contributed by atoms with van der Waals surface area (Å²) < 4.78 is 32.0. The van der Waals surface area contributed by atoms with E-state index in [1.54, 1.807) is 34.9 Å². The van der Waals surface area contributed by atoms with Gasteiger partial charge in [-0.05, 0) is 78.7 Å². The fraction of sp³-hybridized carbons (Fsp3) is 0.138. The van der Waals surface area contributed by atoms with Crippen molar-refractivity contribution in [2.75, 3.05) is 0 Å². The Morgan fingerprint density at radius 2 is 1.36 bits per heavy atom. The fourth-order valence-electron chi connectivity index (χ4n) is 4.00. The van der Waals surface area contributed by atoms with E-state index in [0.717, 1.165) is 24.8 Å². The minimum Gasteiger partial charge on any atom is -0.760 e. The number of hydrogen-bond donors (Lipinski definition) is 0. The highest BCUT2D eigenvalue weighted by Crippen LogP contribution is 2.24. The molecule has 0 fully saturated rings. The molecule has 7 heteroatoms. The summed E-state index contributed by atoms with van der Waals surface area (Å²) in [5, 5.41) is 0. The molecule has 0 saturated heterocycles. The van der Waals surface area contributed by atoms with Crippen LogP contribution in [0.4, 0.5) is 5.82 Å². The first-order valence-electron chi connectivity index (χ1n) is 11.8. The molecule has 1 atom stereocenters. The quantitative estimate of drug-likeness (QED) is 0.273. The van der Waals surface area contributed by atoms with Crippen LogP contribution in [0.3, 0.4) is 0 Å². The van der Waals surface area contributed by atoms with Gasteiger partial charge in [0.15, 0.2) is 0 Å². The summed E-state index contributed by atoms with van der Waals surface area (Å²) in [4.78, 5) is 9.39. The molecule has 180 valence electrons. The van der Waals surface area contributed by atoms with Gasteiger partial charge in [0.1, 0.15) is 5.52 Å². The van der Waals surface area contributed by atoms with Gasteiger partial charge in [-0.3, -0.25) is 4.21 Å². The Hall–Kier alpha value is -3.94. The number of para-hydroxylation sites is 2. The van der Waals surface area contributed by atoms with Gasteiger partial charge in [-0.2, -0.15) is 8.93 Å². The molecule has 1 unspecified atom stereocenters. The Morgan fingerprint density at radius 1 is 0.778 bits per heavy atom. The van der Waals surface area contributed by atoms with Crippen LogP contribution in [0.25, 0.3) is 16.9 Å². The summed E-state index contributed by atoms with van der Waals surface area (Å²) in [6, 6.07) is 28.5. The van der Waals surface area contributed by atoms with Gasteiger partial charge < -0.3 is 4.55 Å². The van der Waals surface area contributed by atoms with Crippen molar-refractivity contribution in [3.8, 4) is 5.82 Å². The molecule has 0 radical (unpaired) electrons. The lowest BCUT2D eigenvalue weighted by Gasteiger charge is -2.14. The predicted octanol–water partition coefficient (Wildman–Crippen LogP) is 5.68. The highest BCUT2D eigenvalue weighted by molar-refractivity contribution is 7.88. The van der Waals surface area contributed by atoms with Crippen molar-refractivity contribution in [1.82, 2.24) is 9.97 Å². The normalized spacial score (nSPS) is 12.8. The Bertz CT molecular complexity index is 1610. The number of nitrogens with zero attached hydrogens (tertiary/aromatic N) is 4. The maximum Gasteiger partial charge on any atom is 0.374 e. The van der Waals surface area contributed by atoms with Gasteiger partial charge in [0.25, 0.3) is 5.82 Å². The van der Waals surface area contributed by atoms with Crippen molar-refractivity contribution in [3.05, 3.63) is 120 Å². The summed E-state index contributed by atoms with van der Waals surface area (Å²) >= 11 is 0. The molecule has 36 heavy (non-hydrogen) atoms. The van der Waals surface area contributed by atoms with Crippen LogP contribution >= 0.6 is 0 Å². The van der Waals surface area contributed by atoms with Gasteiger partial charge >= 0.3 is 5.82 Å². The first-order valence-corrected chi connectivity index (χ1v) is 13.3. The number of aryl methyl sites for hydroxylation is 3. The van der Waals surface area contributed by atoms with E-state index in [0.29, 0.717) is 16.9 Å². The predicted molar refractivity (Wildman–Crippen MR) is 140 cm³/mol. The third kappa shape index (κ3) is 5.48. The maximum absolute atomic E-state index is 13.1. The SMILES string of the molecule is Cc1ccc(S(=O)([O-])=Nc2nc3ccccc3nc2-[n+]2ccc(CCCc3ccccc3)cc2)cc1. The Morgan fingerprint density at radius 3 is 2.03 bits per heavy atom. The number of pyridine rings is 1. The number of fused-ring (bicyclic) bond motifs is 1. The van der Waals surface area contributed by atoms with Crippen LogP contribution in [0, 0.1) is 6.92 Å². The van der Waals surface area contributed by atoms with Gasteiger partial charge in [0, 0.05) is 14.9 Å². The lowest BCUT2D eigenvalue weighted by molar-refractivity contribution is -0.598. The summed E-state index contributed by atoms with van der Waals surface area (Å²) in [5.41, 5.74) is 4.74. The van der Waals surface area contributed by atoms with E-state index >= 15 is 0 Å². The topological polar surface area (TPSA) is 82.1 Å². The summed E-state index contributed by atoms with van der Waals surface area (Å²) in [5.74, 6) is 0.413. The van der Waals surface area contributed by atoms with E-state index in [2.05, 4.69) is 33.6 Å². The molecule has 0 bridgehead atoms. The van der Waals surface area contributed by atoms with Crippen LogP contribution < -0.4 is 4.57 Å². The maximum atomic E-state index is 13.1. The van der Waals surface area contributed by atoms with E-state index in [1.807, 2.05) is 55.7 Å². The lowest BCUT2D eigenvalue weighted by Crippen LogP contribution is -2.31. The average molecular weight is 495 g/mol. The lowest BCUT2D eigenvalue weighted by atomic mass is 10.1. The Labute approximate surface area is 211 Å². The molecule has 6 nitrogen and oxygen atoms in total. The van der Waals surface area contributed by atoms with Crippen molar-refractivity contribution in [2.45, 2.75) is 31.1 Å². The second kappa shape index (κ2) is 10.4. The summed E-state index contributed by atoms with van der Waals surface area (Å²) in [7, 11) is -3.97. The molecule has 3 aromatic carbocycles. The van der Waals surface area contributed by atoms with Crippen molar-refractivity contribution < 1.29 is 13.3 Å². The van der Waals surface area contributed by atoms with Crippen LogP contribution in [0.2, 0.25) is 0 Å². The zero-order valence-corrected chi connectivity index (χ0v) is 20.8. The van der Waals surface area contributed by atoms with Gasteiger partial charge in [0.05, 0.1) is 12.4 Å². The Kier molecular flexibility index (Phi) is 6.84. The number of aromatic nitrogens is 3. The monoisotopic (exact) mass is 494 g/mol. The Balaban J connectivity index is 1.47. The summed E-state index contributed by atoms with van der Waals surface area (Å²) in [6.45, 7) is 1.91. The molecule has 0 aliphatic rings. The number of rotatable bonds is 7. The first kappa shape index (κ1) is 23.8. The molecule has 0 saturated carbocycles. The third-order valence-corrected chi connectivity index (χ3v) is 7.26. The van der Waals surface area contributed by atoms with Crippen LogP contribution in [-0.2, 0) is 22.9 Å².